The van der Waals surface area contributed by atoms with E-state index in [1.54, 1.807) is 0 Å². The molecule has 0 saturated carbocycles. The first-order chi connectivity index (χ1) is 14.2. The predicted molar refractivity (Wildman–Crippen MR) is 128 cm³/mol. The summed E-state index contributed by atoms with van der Waals surface area (Å²) < 4.78 is 0. The molecule has 0 radical (unpaired) electrons. The lowest BCUT2D eigenvalue weighted by molar-refractivity contribution is -0.420. The molecule has 0 saturated heterocycles. The Morgan fingerprint density at radius 2 is 1.41 bits per heavy atom. The van der Waals surface area contributed by atoms with Crippen LogP contribution in [0.25, 0.3) is 11.1 Å². The van der Waals surface area contributed by atoms with Crippen molar-refractivity contribution in [1.82, 2.24) is 0 Å². The summed E-state index contributed by atoms with van der Waals surface area (Å²) >= 11 is 0. The summed E-state index contributed by atoms with van der Waals surface area (Å²) in [5.41, 5.74) is 8.33. The minimum Gasteiger partial charge on any atom is -0.378 e. The van der Waals surface area contributed by atoms with Crippen LogP contribution in [0.1, 0.15) is 50.7 Å². The lowest BCUT2D eigenvalue weighted by Crippen LogP contribution is -2.90. The van der Waals surface area contributed by atoms with Crippen LogP contribution < -0.4 is 10.7 Å². The molecule has 0 bridgehead atoms. The van der Waals surface area contributed by atoms with Gasteiger partial charge in [0.1, 0.15) is 5.69 Å². The predicted octanol–water partition coefficient (Wildman–Crippen LogP) is 5.76. The first kappa shape index (κ1) is 21.4. The van der Waals surface area contributed by atoms with E-state index in [-0.39, 0.29) is 0 Å². The molecule has 3 aromatic rings. The van der Waals surface area contributed by atoms with Crippen LogP contribution in [0.4, 0.5) is 5.69 Å². The maximum Gasteiger partial charge on any atom is 0.440 e. The van der Waals surface area contributed by atoms with Crippen molar-refractivity contribution in [3.63, 3.8) is 0 Å². The lowest BCUT2D eigenvalue weighted by atomic mass is 9.58. The quantitative estimate of drug-likeness (QED) is 0.338. The van der Waals surface area contributed by atoms with Gasteiger partial charge in [-0.2, -0.15) is 0 Å². The first-order valence-corrected chi connectivity index (χ1v) is 11.3. The van der Waals surface area contributed by atoms with Crippen LogP contribution in [0.3, 0.4) is 0 Å². The molecule has 2 heteroatoms. The summed E-state index contributed by atoms with van der Waals surface area (Å²) in [5, 5.41) is 2.42. The maximum atomic E-state index is 2.43. The van der Waals surface area contributed by atoms with Gasteiger partial charge in [0.2, 0.25) is 0 Å². The highest BCUT2D eigenvalue weighted by atomic mass is 14.8. The molecule has 3 rings (SSSR count). The zero-order valence-electron chi connectivity index (χ0n) is 18.3. The summed E-state index contributed by atoms with van der Waals surface area (Å²) in [6.45, 7) is 7.21. The Morgan fingerprint density at radius 3 is 2.10 bits per heavy atom. The lowest BCUT2D eigenvalue weighted by Gasteiger charge is -2.14. The molecule has 0 aromatic heterocycles. The van der Waals surface area contributed by atoms with Crippen molar-refractivity contribution in [2.45, 2.75) is 59.2 Å². The number of hydrogen-bond acceptors (Lipinski definition) is 0. The van der Waals surface area contributed by atoms with Gasteiger partial charge < -0.3 is 5.23 Å². The second kappa shape index (κ2) is 11.0. The molecule has 0 unspecified atom stereocenters. The summed E-state index contributed by atoms with van der Waals surface area (Å²) in [7, 11) is 0. The molecule has 29 heavy (non-hydrogen) atoms. The van der Waals surface area contributed by atoms with Crippen molar-refractivity contribution >= 4 is 18.0 Å². The van der Waals surface area contributed by atoms with Crippen LogP contribution >= 0.6 is 0 Å². The van der Waals surface area contributed by atoms with E-state index >= 15 is 0 Å². The zero-order valence-corrected chi connectivity index (χ0v) is 18.3. The van der Waals surface area contributed by atoms with Crippen molar-refractivity contribution in [2.24, 2.45) is 0 Å². The number of hydrogen-bond donors (Lipinski definition) is 1. The monoisotopic (exact) mass is 384 g/mol. The normalized spacial score (nSPS) is 10.9. The molecule has 0 fully saturated rings. The number of aryl methyl sites for hydroxylation is 2. The van der Waals surface area contributed by atoms with Gasteiger partial charge in [-0.25, -0.2) is 0 Å². The molecule has 0 aliphatic rings. The molecule has 2 N–H and O–H groups in total. The van der Waals surface area contributed by atoms with Crippen molar-refractivity contribution in [3.05, 3.63) is 83.9 Å². The number of benzene rings is 3. The van der Waals surface area contributed by atoms with Crippen LogP contribution in [0.5, 0.6) is 0 Å². The fourth-order valence-electron chi connectivity index (χ4n) is 3.93. The van der Waals surface area contributed by atoms with Gasteiger partial charge in [-0.3, -0.25) is 0 Å². The molecule has 1 nitrogen and oxygen atoms in total. The summed E-state index contributed by atoms with van der Waals surface area (Å²) in [6.07, 6.45) is 7.31. The van der Waals surface area contributed by atoms with E-state index in [9.17, 15) is 0 Å². The van der Waals surface area contributed by atoms with Crippen molar-refractivity contribution < 1.29 is 5.23 Å². The highest BCUT2D eigenvalue weighted by molar-refractivity contribution is 6.64. The standard InChI is InChI=1S/C27H34BN/c1-4-6-12-22-14-11-15-24(20-22)26-21-23(13-7-5-2)18-19-27(26)29-28(3)25-16-9-8-10-17-25/h8-11,14-21,29H,4-7,12-13H2,1-3H3/p+1. The average Bonchev–Trinajstić information content (AvgIpc) is 2.77. The van der Waals surface area contributed by atoms with Crippen molar-refractivity contribution in [2.75, 3.05) is 0 Å². The Hall–Kier alpha value is -2.32. The summed E-state index contributed by atoms with van der Waals surface area (Å²) in [4.78, 5) is 0. The van der Waals surface area contributed by atoms with Gasteiger partial charge in [0.15, 0.2) is 0 Å². The van der Waals surface area contributed by atoms with Crippen LogP contribution in [0.2, 0.25) is 6.82 Å². The van der Waals surface area contributed by atoms with Crippen LogP contribution in [0, 0.1) is 0 Å². The van der Waals surface area contributed by atoms with Gasteiger partial charge in [-0.1, -0.05) is 87.4 Å². The van der Waals surface area contributed by atoms with Gasteiger partial charge in [0, 0.05) is 5.56 Å². The molecule has 0 amide bonds. The highest BCUT2D eigenvalue weighted by Crippen LogP contribution is 2.28. The third-order valence-electron chi connectivity index (χ3n) is 5.75. The van der Waals surface area contributed by atoms with Gasteiger partial charge in [0.05, 0.1) is 0 Å². The molecular weight excluding hydrogens is 349 g/mol. The van der Waals surface area contributed by atoms with Gasteiger partial charge >= 0.3 is 6.85 Å². The third-order valence-corrected chi connectivity index (χ3v) is 5.75. The second-order valence-corrected chi connectivity index (χ2v) is 8.20. The van der Waals surface area contributed by atoms with E-state index in [0.29, 0.717) is 6.85 Å². The molecule has 3 aromatic carbocycles. The smallest absolute Gasteiger partial charge is 0.378 e. The van der Waals surface area contributed by atoms with E-state index in [4.69, 9.17) is 0 Å². The zero-order chi connectivity index (χ0) is 20.5. The number of unbranched alkanes of at least 4 members (excludes halogenated alkanes) is 2. The maximum absolute atomic E-state index is 2.43. The average molecular weight is 384 g/mol. The number of nitrogens with two attached hydrogens (primary N) is 1. The minimum absolute atomic E-state index is 0.389. The molecule has 150 valence electrons. The van der Waals surface area contributed by atoms with Crippen LogP contribution in [0.15, 0.2) is 72.8 Å². The Kier molecular flexibility index (Phi) is 8.13. The van der Waals surface area contributed by atoms with Gasteiger partial charge in [-0.15, -0.1) is 0 Å². The largest absolute Gasteiger partial charge is 0.440 e. The Balaban J connectivity index is 1.93. The van der Waals surface area contributed by atoms with E-state index in [0.717, 1.165) is 6.42 Å². The number of quaternary nitrogens is 1. The fourth-order valence-corrected chi connectivity index (χ4v) is 3.93. The molecule has 0 aliphatic carbocycles. The van der Waals surface area contributed by atoms with Crippen molar-refractivity contribution in [1.29, 1.82) is 0 Å². The molecule has 0 spiro atoms. The molecule has 0 atom stereocenters. The molecule has 0 aliphatic heterocycles. The SMILES string of the molecule is CCCCc1cccc(-c2cc(CCCC)ccc2[NH2+]B(C)c2ccccc2)c1. The summed E-state index contributed by atoms with van der Waals surface area (Å²) in [5.74, 6) is 0. The minimum atomic E-state index is 0.389. The van der Waals surface area contributed by atoms with Crippen molar-refractivity contribution in [3.8, 4) is 11.1 Å². The Labute approximate surface area is 177 Å². The summed E-state index contributed by atoms with van der Waals surface area (Å²) in [6, 6.07) is 27.1. The van der Waals surface area contributed by atoms with Crippen LogP contribution in [-0.2, 0) is 12.8 Å². The topological polar surface area (TPSA) is 16.6 Å². The van der Waals surface area contributed by atoms with E-state index < -0.39 is 0 Å². The fraction of sp³-hybridized carbons (Fsp3) is 0.333. The van der Waals surface area contributed by atoms with Crippen LogP contribution in [-0.4, -0.2) is 6.85 Å². The molecule has 0 heterocycles. The Bertz CT molecular complexity index is 888. The molecular formula is C27H35BN+. The first-order valence-electron chi connectivity index (χ1n) is 11.3. The van der Waals surface area contributed by atoms with E-state index in [2.05, 4.69) is 98.7 Å². The van der Waals surface area contributed by atoms with Gasteiger partial charge in [-0.05, 0) is 66.8 Å². The highest BCUT2D eigenvalue weighted by Gasteiger charge is 2.21. The van der Waals surface area contributed by atoms with E-state index in [1.165, 1.54) is 65.5 Å². The third kappa shape index (κ3) is 6.08. The van der Waals surface area contributed by atoms with Gasteiger partial charge in [0.25, 0.3) is 0 Å². The second-order valence-electron chi connectivity index (χ2n) is 8.20. The number of rotatable bonds is 10. The van der Waals surface area contributed by atoms with E-state index in [1.807, 2.05) is 0 Å². The Morgan fingerprint density at radius 1 is 0.724 bits per heavy atom.